The maximum Gasteiger partial charge on any atom is 0.509 e. The van der Waals surface area contributed by atoms with Gasteiger partial charge in [-0.25, -0.2) is 24.4 Å². The van der Waals surface area contributed by atoms with Gasteiger partial charge in [-0.1, -0.05) is 114 Å². The van der Waals surface area contributed by atoms with Crippen molar-refractivity contribution in [2.75, 3.05) is 35.8 Å². The number of aromatic nitrogens is 4. The van der Waals surface area contributed by atoms with Gasteiger partial charge in [-0.15, -0.1) is 0 Å². The number of anilines is 2. The van der Waals surface area contributed by atoms with Crippen LogP contribution in [0.1, 0.15) is 124 Å². The molecule has 28 nitrogen and oxygen atoms in total. The quantitative estimate of drug-likeness (QED) is 0.00780. The number of aliphatic hydroxyl groups excluding tert-OH is 1. The van der Waals surface area contributed by atoms with Gasteiger partial charge < -0.3 is 70.2 Å². The van der Waals surface area contributed by atoms with Gasteiger partial charge in [0.15, 0.2) is 28.7 Å². The monoisotopic (exact) mass is 1440 g/mol. The zero-order valence-corrected chi connectivity index (χ0v) is 58.4. The molecular formula is C72H80N8O20S2. The Bertz CT molecular complexity index is 4210. The molecule has 2 bridgehead atoms. The van der Waals surface area contributed by atoms with E-state index in [-0.39, 0.29) is 108 Å². The normalized spacial score (nSPS) is 24.1. The zero-order chi connectivity index (χ0) is 73.3. The van der Waals surface area contributed by atoms with Crippen molar-refractivity contribution in [2.45, 2.75) is 153 Å². The molecule has 6 aromatic rings. The number of hydrogen-bond donors (Lipinski definition) is 8. The number of carboxylic acids is 1. The van der Waals surface area contributed by atoms with Crippen molar-refractivity contribution < 1.29 is 91.6 Å². The van der Waals surface area contributed by atoms with Crippen LogP contribution in [-0.4, -0.2) is 167 Å². The number of aromatic amines is 1. The fraction of sp³-hybridized carbons (Fsp3) is 0.431. The maximum absolute atomic E-state index is 15.9. The number of H-pyrrole nitrogens is 1. The molecule has 1 saturated heterocycles. The predicted molar refractivity (Wildman–Crippen MR) is 371 cm³/mol. The number of carbonyl (C=O) groups excluding carboxylic acids is 8. The lowest BCUT2D eigenvalue weighted by Crippen LogP contribution is -2.82. The Morgan fingerprint density at radius 2 is 1.48 bits per heavy atom. The molecule has 0 spiro atoms. The van der Waals surface area contributed by atoms with Gasteiger partial charge in [-0.2, -0.15) is 4.98 Å². The topological polar surface area (TPSA) is 413 Å². The van der Waals surface area contributed by atoms with E-state index in [1.807, 2.05) is 12.1 Å². The van der Waals surface area contributed by atoms with Crippen LogP contribution in [0.2, 0.25) is 0 Å². The summed E-state index contributed by atoms with van der Waals surface area (Å²) in [5, 5.41) is 45.4. The number of hydrogen-bond acceptors (Lipinski definition) is 27. The molecule has 30 heteroatoms. The number of ether oxygens (including phenoxy) is 7. The van der Waals surface area contributed by atoms with Crippen molar-refractivity contribution in [1.29, 1.82) is 0 Å². The molecule has 1 amide bonds. The number of esters is 4. The summed E-state index contributed by atoms with van der Waals surface area (Å²) in [5.74, 6) is -7.97. The first-order valence-corrected chi connectivity index (χ1v) is 35.6. The zero-order valence-electron chi connectivity index (χ0n) is 56.7. The van der Waals surface area contributed by atoms with Crippen LogP contribution in [0.4, 0.5) is 16.4 Å². The molecule has 102 heavy (non-hydrogen) atoms. The minimum Gasteiger partial charge on any atom is -0.480 e. The molecule has 2 unspecified atom stereocenters. The summed E-state index contributed by atoms with van der Waals surface area (Å²) in [4.78, 5) is 153. The predicted octanol–water partition coefficient (Wildman–Crippen LogP) is 6.87. The van der Waals surface area contributed by atoms with E-state index in [4.69, 9.17) is 38.9 Å². The number of ketones is 2. The largest absolute Gasteiger partial charge is 0.509 e. The summed E-state index contributed by atoms with van der Waals surface area (Å²) in [6, 6.07) is 28.5. The first-order chi connectivity index (χ1) is 48.6. The Labute approximate surface area is 593 Å². The molecular weight excluding hydrogens is 1360 g/mol. The number of nitrogens with two attached hydrogens (primary N) is 1. The maximum atomic E-state index is 15.9. The highest BCUT2D eigenvalue weighted by atomic mass is 33.1. The minimum atomic E-state index is -2.53. The first kappa shape index (κ1) is 75.1. The van der Waals surface area contributed by atoms with E-state index in [0.717, 1.165) is 25.1 Å². The van der Waals surface area contributed by atoms with Crippen LogP contribution in [0, 0.1) is 16.7 Å². The fourth-order valence-electron chi connectivity index (χ4n) is 14.0. The van der Waals surface area contributed by atoms with Crippen molar-refractivity contribution >= 4 is 97.9 Å². The molecule has 3 aliphatic carbocycles. The van der Waals surface area contributed by atoms with Crippen molar-refractivity contribution in [2.24, 2.45) is 16.7 Å². The molecule has 3 heterocycles. The molecule has 4 aromatic carbocycles. The molecule has 9 N–H and O–H groups in total. The van der Waals surface area contributed by atoms with Gasteiger partial charge >= 0.3 is 36.0 Å². The molecule has 0 radical (unpaired) electrons. The Morgan fingerprint density at radius 1 is 0.814 bits per heavy atom. The molecule has 4 aliphatic rings. The van der Waals surface area contributed by atoms with Gasteiger partial charge in [0.2, 0.25) is 12.1 Å². The standard InChI is InChI=1S/C72H80N8O20S2/c1-39-50(34-72(93)60(99-65(90)45-21-14-9-15-22-45)58-70(6,51(84)33-52-71(58,38-95-52)100-41(3)82)59(85)56(96-40(2)81)53(39)69(72,4)5)97-66(91)57(54(43-17-10-7-11-18-43)78-62(86)44-19-12-8-13-20-44)98-68(92)94-30-32-102-101-31-16-23-48(83)28-29-49(64(88)89)75-35-42-24-26-46(27-25-42)74-36-47-37-76-61-55(77-47)63(87)80-67(73)79-61/h7-15,17-22,24-27,37,49-52,54,56-58,60,74-75,84,93H,16,23,28-36,38H2,1-6H3,(H,78,86)(H,88,89)(H3,73,76,79,80,87)/t49-,50?,51-,52+,54-,56+,57+,58-,60?,70+,71-,72+/m0/s1. The number of benzene rings is 4. The average molecular weight is 1440 g/mol. The highest BCUT2D eigenvalue weighted by Crippen LogP contribution is 2.64. The molecule has 3 fully saturated rings. The van der Waals surface area contributed by atoms with E-state index in [0.29, 0.717) is 17.9 Å². The number of carbonyl (C=O) groups is 9. The van der Waals surface area contributed by atoms with E-state index in [2.05, 4.69) is 35.9 Å². The number of rotatable bonds is 29. The number of aliphatic carboxylic acids is 1. The highest BCUT2D eigenvalue weighted by molar-refractivity contribution is 8.76. The van der Waals surface area contributed by atoms with E-state index in [1.165, 1.54) is 79.7 Å². The minimum absolute atomic E-state index is 0.0119. The van der Waals surface area contributed by atoms with Crippen molar-refractivity contribution in [3.05, 3.63) is 171 Å². The van der Waals surface area contributed by atoms with Gasteiger partial charge in [0, 0.05) is 74.2 Å². The second kappa shape index (κ2) is 32.2. The number of nitrogens with zero attached hydrogens (tertiary/aromatic N) is 3. The smallest absolute Gasteiger partial charge is 0.480 e. The Hall–Kier alpha value is -9.59. The van der Waals surface area contributed by atoms with Crippen LogP contribution in [0.25, 0.3) is 11.2 Å². The van der Waals surface area contributed by atoms with Crippen LogP contribution < -0.4 is 27.2 Å². The van der Waals surface area contributed by atoms with Crippen LogP contribution in [-0.2, 0) is 75.0 Å². The van der Waals surface area contributed by atoms with Crippen molar-refractivity contribution in [3.63, 3.8) is 0 Å². The lowest BCUT2D eigenvalue weighted by atomic mass is 9.44. The van der Waals surface area contributed by atoms with Gasteiger partial charge in [0.05, 0.1) is 48.0 Å². The van der Waals surface area contributed by atoms with Gasteiger partial charge in [-0.3, -0.25) is 38.5 Å². The Morgan fingerprint density at radius 3 is 2.13 bits per heavy atom. The Balaban J connectivity index is 0.806. The van der Waals surface area contributed by atoms with E-state index < -0.39 is 136 Å². The molecule has 2 aromatic heterocycles. The number of fused-ring (bicyclic) bond motifs is 6. The van der Waals surface area contributed by atoms with E-state index in [1.54, 1.807) is 78.9 Å². The van der Waals surface area contributed by atoms with Gasteiger partial charge in [-0.05, 0) is 85.4 Å². The number of amides is 1. The van der Waals surface area contributed by atoms with Crippen LogP contribution in [0.3, 0.4) is 0 Å². The number of Topliss-reactive ketones (excluding diaryl/α,β-unsaturated/α-hetero) is 2. The fourth-order valence-corrected chi connectivity index (χ4v) is 15.9. The number of carboxylic acid groups (broad SMARTS) is 1. The summed E-state index contributed by atoms with van der Waals surface area (Å²) < 4.78 is 42.5. The third kappa shape index (κ3) is 16.3. The third-order valence-electron chi connectivity index (χ3n) is 19.3. The molecule has 1 aliphatic heterocycles. The lowest BCUT2D eigenvalue weighted by Gasteiger charge is -2.67. The summed E-state index contributed by atoms with van der Waals surface area (Å²) in [6.45, 7) is 7.92. The SMILES string of the molecule is CC(=O)O[C@H]1C(=O)[C@@]2(C)[C@H](C(OC(=O)c3ccccc3)[C@]3(O)CC(OC(=O)[C@H](OC(=O)OCCSSCCCC(=O)CC[C@H](NCc4ccc(NCc5cnc6nc(N)[nH]c(=O)c6n5)cc4)C(=O)O)[C@@H](NC(=O)c4ccccc4)c4ccccc4)C(C)=C1C3(C)C)[C@]1(OC(C)=O)CO[C@@H]1C[C@@H]2O. The number of aliphatic hydroxyl groups is 2. The second-order valence-electron chi connectivity index (χ2n) is 26.2. The Kier molecular flexibility index (Phi) is 23.7. The highest BCUT2D eigenvalue weighted by Gasteiger charge is 2.78. The number of nitrogen functional groups attached to an aromatic ring is 1. The molecule has 2 saturated carbocycles. The molecule has 10 rings (SSSR count). The second-order valence-corrected chi connectivity index (χ2v) is 28.9. The summed E-state index contributed by atoms with van der Waals surface area (Å²) >= 11 is 0. The molecule has 12 atom stereocenters. The summed E-state index contributed by atoms with van der Waals surface area (Å²) in [6.07, 6.45) is -10.5. The van der Waals surface area contributed by atoms with Crippen LogP contribution in [0.5, 0.6) is 0 Å². The van der Waals surface area contributed by atoms with Crippen molar-refractivity contribution in [3.8, 4) is 0 Å². The average Bonchev–Trinajstić information content (AvgIpc) is 0.669. The van der Waals surface area contributed by atoms with E-state index >= 15 is 9.59 Å². The lowest BCUT2D eigenvalue weighted by molar-refractivity contribution is -0.346. The third-order valence-corrected chi connectivity index (χ3v) is 21.8. The summed E-state index contributed by atoms with van der Waals surface area (Å²) in [5.41, 5.74) is -0.631. The van der Waals surface area contributed by atoms with Crippen LogP contribution >= 0.6 is 21.6 Å². The molecule has 540 valence electrons. The first-order valence-electron chi connectivity index (χ1n) is 33.1. The van der Waals surface area contributed by atoms with E-state index in [9.17, 15) is 53.7 Å². The van der Waals surface area contributed by atoms with Crippen molar-refractivity contribution in [1.82, 2.24) is 30.6 Å². The number of nitrogens with one attached hydrogen (secondary N) is 4. The van der Waals surface area contributed by atoms with Gasteiger partial charge in [0.1, 0.15) is 48.4 Å². The van der Waals surface area contributed by atoms with Gasteiger partial charge in [0.25, 0.3) is 11.5 Å². The van der Waals surface area contributed by atoms with Crippen LogP contribution in [0.15, 0.2) is 137 Å². The summed E-state index contributed by atoms with van der Waals surface area (Å²) in [7, 11) is 2.70.